The normalized spacial score (nSPS) is 12.1. The summed E-state index contributed by atoms with van der Waals surface area (Å²) in [6.45, 7) is 4.64. The molecule has 2 aromatic rings. The Morgan fingerprint density at radius 1 is 1.35 bits per heavy atom. The molecule has 1 heterocycles. The van der Waals surface area contributed by atoms with E-state index in [1.807, 2.05) is 31.2 Å². The van der Waals surface area contributed by atoms with Crippen LogP contribution in [0.15, 0.2) is 30.5 Å². The largest absolute Gasteiger partial charge is 0.383 e. The van der Waals surface area contributed by atoms with Gasteiger partial charge in [0.2, 0.25) is 5.91 Å². The number of carbonyl (C=O) groups is 1. The SMILES string of the molecule is CCC(C)NC(=O)CCNc1cnnc2ccccc12. The summed E-state index contributed by atoms with van der Waals surface area (Å²) in [4.78, 5) is 11.7. The van der Waals surface area contributed by atoms with E-state index in [2.05, 4.69) is 27.8 Å². The van der Waals surface area contributed by atoms with E-state index in [0.29, 0.717) is 13.0 Å². The molecule has 1 unspecified atom stereocenters. The van der Waals surface area contributed by atoms with Crippen LogP contribution in [0, 0.1) is 0 Å². The van der Waals surface area contributed by atoms with Gasteiger partial charge in [0, 0.05) is 24.4 Å². The Bertz CT molecular complexity index is 580. The lowest BCUT2D eigenvalue weighted by molar-refractivity contribution is -0.121. The second kappa shape index (κ2) is 6.84. The molecule has 2 rings (SSSR count). The molecule has 0 bridgehead atoms. The number of aromatic nitrogens is 2. The van der Waals surface area contributed by atoms with Crippen LogP contribution in [0.3, 0.4) is 0 Å². The second-order valence-electron chi connectivity index (χ2n) is 4.83. The van der Waals surface area contributed by atoms with Crippen molar-refractivity contribution in [3.63, 3.8) is 0 Å². The Morgan fingerprint density at radius 3 is 2.95 bits per heavy atom. The maximum Gasteiger partial charge on any atom is 0.221 e. The molecule has 1 amide bonds. The molecule has 0 aliphatic heterocycles. The standard InChI is InChI=1S/C15H20N4O/c1-3-11(2)18-15(20)8-9-16-14-10-17-19-13-7-5-4-6-12(13)14/h4-7,10-11H,3,8-9H2,1-2H3,(H,16,19)(H,18,20). The highest BCUT2D eigenvalue weighted by molar-refractivity contribution is 5.90. The summed E-state index contributed by atoms with van der Waals surface area (Å²) in [6, 6.07) is 8.03. The molecule has 2 N–H and O–H groups in total. The first-order valence-corrected chi connectivity index (χ1v) is 6.94. The summed E-state index contributed by atoms with van der Waals surface area (Å²) in [5, 5.41) is 15.2. The molecule has 106 valence electrons. The van der Waals surface area contributed by atoms with Gasteiger partial charge in [-0.2, -0.15) is 10.2 Å². The van der Waals surface area contributed by atoms with E-state index in [0.717, 1.165) is 23.0 Å². The smallest absolute Gasteiger partial charge is 0.221 e. The van der Waals surface area contributed by atoms with Crippen molar-refractivity contribution < 1.29 is 4.79 Å². The summed E-state index contributed by atoms with van der Waals surface area (Å²) < 4.78 is 0. The fourth-order valence-corrected chi connectivity index (χ4v) is 1.91. The fourth-order valence-electron chi connectivity index (χ4n) is 1.91. The van der Waals surface area contributed by atoms with E-state index in [-0.39, 0.29) is 11.9 Å². The van der Waals surface area contributed by atoms with Crippen molar-refractivity contribution in [3.05, 3.63) is 30.5 Å². The molecule has 0 aliphatic rings. The van der Waals surface area contributed by atoms with Gasteiger partial charge in [-0.1, -0.05) is 25.1 Å². The lowest BCUT2D eigenvalue weighted by atomic mass is 10.2. The van der Waals surface area contributed by atoms with Crippen LogP contribution in [0.1, 0.15) is 26.7 Å². The number of carbonyl (C=O) groups excluding carboxylic acids is 1. The predicted molar refractivity (Wildman–Crippen MR) is 80.5 cm³/mol. The third-order valence-corrected chi connectivity index (χ3v) is 3.23. The third-order valence-electron chi connectivity index (χ3n) is 3.23. The van der Waals surface area contributed by atoms with Crippen molar-refractivity contribution in [1.82, 2.24) is 15.5 Å². The van der Waals surface area contributed by atoms with Gasteiger partial charge < -0.3 is 10.6 Å². The first-order valence-electron chi connectivity index (χ1n) is 6.94. The minimum absolute atomic E-state index is 0.0678. The number of fused-ring (bicyclic) bond motifs is 1. The maximum atomic E-state index is 11.7. The first kappa shape index (κ1) is 14.2. The number of rotatable bonds is 6. The second-order valence-corrected chi connectivity index (χ2v) is 4.83. The van der Waals surface area contributed by atoms with Crippen LogP contribution in [0.2, 0.25) is 0 Å². The number of benzene rings is 1. The minimum atomic E-state index is 0.0678. The van der Waals surface area contributed by atoms with Crippen LogP contribution in [-0.4, -0.2) is 28.7 Å². The summed E-state index contributed by atoms with van der Waals surface area (Å²) >= 11 is 0. The average Bonchev–Trinajstić information content (AvgIpc) is 2.47. The van der Waals surface area contributed by atoms with Crippen LogP contribution in [0.25, 0.3) is 10.9 Å². The Balaban J connectivity index is 1.92. The van der Waals surface area contributed by atoms with Gasteiger partial charge in [-0.15, -0.1) is 0 Å². The molecule has 0 radical (unpaired) electrons. The van der Waals surface area contributed by atoms with E-state index >= 15 is 0 Å². The first-order chi connectivity index (χ1) is 9.70. The Labute approximate surface area is 118 Å². The topological polar surface area (TPSA) is 66.9 Å². The fraction of sp³-hybridized carbons (Fsp3) is 0.400. The van der Waals surface area contributed by atoms with Crippen molar-refractivity contribution >= 4 is 22.5 Å². The summed E-state index contributed by atoms with van der Waals surface area (Å²) in [7, 11) is 0. The lowest BCUT2D eigenvalue weighted by Crippen LogP contribution is -2.32. The van der Waals surface area contributed by atoms with Crippen LogP contribution >= 0.6 is 0 Å². The van der Waals surface area contributed by atoms with Crippen molar-refractivity contribution in [1.29, 1.82) is 0 Å². The average molecular weight is 272 g/mol. The summed E-state index contributed by atoms with van der Waals surface area (Å²) in [6.07, 6.45) is 3.08. The Kier molecular flexibility index (Phi) is 4.87. The Hall–Kier alpha value is -2.17. The van der Waals surface area contributed by atoms with Crippen molar-refractivity contribution in [2.75, 3.05) is 11.9 Å². The molecule has 1 aromatic heterocycles. The molecule has 5 heteroatoms. The molecular weight excluding hydrogens is 252 g/mol. The van der Waals surface area contributed by atoms with Crippen molar-refractivity contribution in [2.24, 2.45) is 0 Å². The van der Waals surface area contributed by atoms with Crippen LogP contribution in [-0.2, 0) is 4.79 Å². The van der Waals surface area contributed by atoms with Gasteiger partial charge in [0.1, 0.15) is 0 Å². The van der Waals surface area contributed by atoms with Gasteiger partial charge in [-0.3, -0.25) is 4.79 Å². The zero-order valence-corrected chi connectivity index (χ0v) is 11.9. The monoisotopic (exact) mass is 272 g/mol. The predicted octanol–water partition coefficient (Wildman–Crippen LogP) is 2.35. The molecular formula is C15H20N4O. The van der Waals surface area contributed by atoms with Crippen LogP contribution in [0.4, 0.5) is 5.69 Å². The van der Waals surface area contributed by atoms with E-state index in [1.54, 1.807) is 6.20 Å². The number of hydrogen-bond donors (Lipinski definition) is 2. The van der Waals surface area contributed by atoms with Crippen LogP contribution in [0.5, 0.6) is 0 Å². The van der Waals surface area contributed by atoms with Gasteiger partial charge in [-0.25, -0.2) is 0 Å². The molecule has 0 fully saturated rings. The van der Waals surface area contributed by atoms with E-state index in [1.165, 1.54) is 0 Å². The zero-order valence-electron chi connectivity index (χ0n) is 11.9. The van der Waals surface area contributed by atoms with Gasteiger partial charge in [0.15, 0.2) is 0 Å². The summed E-state index contributed by atoms with van der Waals surface area (Å²) in [5.74, 6) is 0.0678. The quantitative estimate of drug-likeness (QED) is 0.847. The van der Waals surface area contributed by atoms with Gasteiger partial charge in [-0.05, 0) is 19.4 Å². The highest BCUT2D eigenvalue weighted by Gasteiger charge is 2.06. The minimum Gasteiger partial charge on any atom is -0.383 e. The number of anilines is 1. The lowest BCUT2D eigenvalue weighted by Gasteiger charge is -2.12. The molecule has 1 atom stereocenters. The number of hydrogen-bond acceptors (Lipinski definition) is 4. The third kappa shape index (κ3) is 3.66. The van der Waals surface area contributed by atoms with Gasteiger partial charge >= 0.3 is 0 Å². The van der Waals surface area contributed by atoms with E-state index in [9.17, 15) is 4.79 Å². The van der Waals surface area contributed by atoms with Gasteiger partial charge in [0.25, 0.3) is 0 Å². The van der Waals surface area contributed by atoms with E-state index < -0.39 is 0 Å². The van der Waals surface area contributed by atoms with Crippen molar-refractivity contribution in [3.8, 4) is 0 Å². The summed E-state index contributed by atoms with van der Waals surface area (Å²) in [5.41, 5.74) is 1.76. The van der Waals surface area contributed by atoms with E-state index in [4.69, 9.17) is 0 Å². The molecule has 0 saturated heterocycles. The zero-order chi connectivity index (χ0) is 14.4. The van der Waals surface area contributed by atoms with Crippen LogP contribution < -0.4 is 10.6 Å². The van der Waals surface area contributed by atoms with Crippen molar-refractivity contribution in [2.45, 2.75) is 32.7 Å². The molecule has 1 aromatic carbocycles. The Morgan fingerprint density at radius 2 is 2.15 bits per heavy atom. The highest BCUT2D eigenvalue weighted by Crippen LogP contribution is 2.19. The molecule has 20 heavy (non-hydrogen) atoms. The number of nitrogens with zero attached hydrogens (tertiary/aromatic N) is 2. The molecule has 0 aliphatic carbocycles. The molecule has 0 saturated carbocycles. The number of amides is 1. The highest BCUT2D eigenvalue weighted by atomic mass is 16.1. The molecule has 5 nitrogen and oxygen atoms in total. The van der Waals surface area contributed by atoms with Gasteiger partial charge in [0.05, 0.1) is 17.4 Å². The number of nitrogens with one attached hydrogen (secondary N) is 2. The maximum absolute atomic E-state index is 11.7. The molecule has 0 spiro atoms.